The largest absolute Gasteiger partial charge is 0.381 e. The maximum Gasteiger partial charge on any atom is 0.304 e. The second kappa shape index (κ2) is 5.60. The van der Waals surface area contributed by atoms with E-state index in [1.54, 1.807) is 0 Å². The van der Waals surface area contributed by atoms with Crippen LogP contribution in [0.1, 0.15) is 5.56 Å². The molecule has 0 unspecified atom stereocenters. The summed E-state index contributed by atoms with van der Waals surface area (Å²) in [6, 6.07) is 6.30. The number of hydrogen-bond donors (Lipinski definition) is 1. The fraction of sp³-hybridized carbons (Fsp3) is 0.0769. The molecule has 0 spiro atoms. The standard InChI is InChI=1S/C13H9F3N2O2/c14-9-3-8(4-10(15)5-9)7-17-11-1-2-13(18(19)20)12(16)6-11/h1-6,17H,7H2. The third kappa shape index (κ3) is 3.25. The van der Waals surface area contributed by atoms with Gasteiger partial charge < -0.3 is 5.32 Å². The first kappa shape index (κ1) is 13.9. The van der Waals surface area contributed by atoms with E-state index in [1.807, 2.05) is 0 Å². The van der Waals surface area contributed by atoms with Gasteiger partial charge in [-0.15, -0.1) is 0 Å². The molecule has 0 bridgehead atoms. The number of nitrogens with one attached hydrogen (secondary N) is 1. The van der Waals surface area contributed by atoms with Crippen LogP contribution < -0.4 is 5.32 Å². The van der Waals surface area contributed by atoms with E-state index in [4.69, 9.17) is 0 Å². The zero-order valence-electron chi connectivity index (χ0n) is 10.1. The summed E-state index contributed by atoms with van der Waals surface area (Å²) >= 11 is 0. The molecule has 0 radical (unpaired) electrons. The van der Waals surface area contributed by atoms with Crippen molar-refractivity contribution in [3.63, 3.8) is 0 Å². The van der Waals surface area contributed by atoms with E-state index in [-0.39, 0.29) is 12.2 Å². The first-order valence-electron chi connectivity index (χ1n) is 5.58. The van der Waals surface area contributed by atoms with E-state index < -0.39 is 28.1 Å². The number of nitro benzene ring substituents is 1. The van der Waals surface area contributed by atoms with Gasteiger partial charge in [0.1, 0.15) is 11.6 Å². The lowest BCUT2D eigenvalue weighted by Crippen LogP contribution is -2.02. The first-order chi connectivity index (χ1) is 9.45. The molecule has 4 nitrogen and oxygen atoms in total. The average Bonchev–Trinajstić information content (AvgIpc) is 2.35. The molecule has 2 aromatic carbocycles. The molecule has 20 heavy (non-hydrogen) atoms. The Morgan fingerprint density at radius 1 is 1.05 bits per heavy atom. The van der Waals surface area contributed by atoms with Crippen molar-refractivity contribution in [2.45, 2.75) is 6.54 Å². The highest BCUT2D eigenvalue weighted by molar-refractivity contribution is 5.49. The Labute approximate surface area is 112 Å². The van der Waals surface area contributed by atoms with Crippen LogP contribution in [0, 0.1) is 27.6 Å². The van der Waals surface area contributed by atoms with Gasteiger partial charge in [0.15, 0.2) is 0 Å². The highest BCUT2D eigenvalue weighted by atomic mass is 19.1. The molecule has 7 heteroatoms. The Balaban J connectivity index is 2.11. The topological polar surface area (TPSA) is 55.2 Å². The third-order valence-corrected chi connectivity index (χ3v) is 2.56. The summed E-state index contributed by atoms with van der Waals surface area (Å²) in [4.78, 5) is 9.62. The third-order valence-electron chi connectivity index (χ3n) is 2.56. The molecule has 0 saturated carbocycles. The van der Waals surface area contributed by atoms with Crippen LogP contribution in [0.4, 0.5) is 24.5 Å². The van der Waals surface area contributed by atoms with Gasteiger partial charge in [-0.1, -0.05) is 0 Å². The van der Waals surface area contributed by atoms with Gasteiger partial charge in [0.2, 0.25) is 5.82 Å². The van der Waals surface area contributed by atoms with Crippen LogP contribution in [0.15, 0.2) is 36.4 Å². The number of rotatable bonds is 4. The van der Waals surface area contributed by atoms with E-state index in [2.05, 4.69) is 5.32 Å². The van der Waals surface area contributed by atoms with Crippen LogP contribution in [0.3, 0.4) is 0 Å². The molecule has 2 aromatic rings. The van der Waals surface area contributed by atoms with Crippen molar-refractivity contribution in [3.8, 4) is 0 Å². The summed E-state index contributed by atoms with van der Waals surface area (Å²) < 4.78 is 39.3. The number of halogens is 3. The fourth-order valence-electron chi connectivity index (χ4n) is 1.68. The lowest BCUT2D eigenvalue weighted by Gasteiger charge is -2.07. The second-order valence-electron chi connectivity index (χ2n) is 4.05. The number of hydrogen-bond acceptors (Lipinski definition) is 3. The van der Waals surface area contributed by atoms with Gasteiger partial charge in [0.25, 0.3) is 0 Å². The van der Waals surface area contributed by atoms with E-state index in [9.17, 15) is 23.3 Å². The van der Waals surface area contributed by atoms with Crippen molar-refractivity contribution in [2.24, 2.45) is 0 Å². The predicted octanol–water partition coefficient (Wildman–Crippen LogP) is 3.62. The van der Waals surface area contributed by atoms with Crippen molar-refractivity contribution >= 4 is 11.4 Å². The normalized spacial score (nSPS) is 10.3. The predicted molar refractivity (Wildman–Crippen MR) is 66.7 cm³/mol. The minimum atomic E-state index is -0.981. The van der Waals surface area contributed by atoms with Gasteiger partial charge >= 0.3 is 5.69 Å². The zero-order chi connectivity index (χ0) is 14.7. The molecule has 0 atom stereocenters. The van der Waals surface area contributed by atoms with Crippen LogP contribution in [-0.4, -0.2) is 4.92 Å². The minimum Gasteiger partial charge on any atom is -0.381 e. The summed E-state index contributed by atoms with van der Waals surface area (Å²) in [7, 11) is 0. The number of nitro groups is 1. The fourth-order valence-corrected chi connectivity index (χ4v) is 1.68. The molecule has 0 fully saturated rings. The molecule has 104 valence electrons. The lowest BCUT2D eigenvalue weighted by molar-refractivity contribution is -0.387. The Morgan fingerprint density at radius 2 is 1.70 bits per heavy atom. The van der Waals surface area contributed by atoms with Crippen LogP contribution in [0.25, 0.3) is 0 Å². The Hall–Kier alpha value is -2.57. The van der Waals surface area contributed by atoms with Gasteiger partial charge in [-0.25, -0.2) is 8.78 Å². The highest BCUT2D eigenvalue weighted by Crippen LogP contribution is 2.21. The second-order valence-corrected chi connectivity index (χ2v) is 4.05. The van der Waals surface area contributed by atoms with Crippen molar-refractivity contribution in [3.05, 3.63) is 69.5 Å². The van der Waals surface area contributed by atoms with Crippen LogP contribution in [0.5, 0.6) is 0 Å². The molecule has 0 aliphatic rings. The van der Waals surface area contributed by atoms with Gasteiger partial charge in [0.05, 0.1) is 4.92 Å². The number of anilines is 1. The van der Waals surface area contributed by atoms with E-state index in [1.165, 1.54) is 6.07 Å². The lowest BCUT2D eigenvalue weighted by atomic mass is 10.2. The SMILES string of the molecule is O=[N+]([O-])c1ccc(NCc2cc(F)cc(F)c2)cc1F. The summed E-state index contributed by atoms with van der Waals surface area (Å²) in [5, 5.41) is 13.2. The maximum atomic E-state index is 13.4. The van der Waals surface area contributed by atoms with Gasteiger partial charge in [-0.3, -0.25) is 10.1 Å². The van der Waals surface area contributed by atoms with E-state index in [0.29, 0.717) is 5.56 Å². The molecular weight excluding hydrogens is 273 g/mol. The summed E-state index contributed by atoms with van der Waals surface area (Å²) in [6.07, 6.45) is 0. The molecule has 1 N–H and O–H groups in total. The monoisotopic (exact) mass is 282 g/mol. The van der Waals surface area contributed by atoms with Gasteiger partial charge in [0, 0.05) is 30.4 Å². The molecule has 0 aromatic heterocycles. The average molecular weight is 282 g/mol. The Kier molecular flexibility index (Phi) is 3.88. The molecule has 0 saturated heterocycles. The molecule has 2 rings (SSSR count). The molecule has 0 amide bonds. The molecular formula is C13H9F3N2O2. The van der Waals surface area contributed by atoms with Gasteiger partial charge in [-0.05, 0) is 23.8 Å². The summed E-state index contributed by atoms with van der Waals surface area (Å²) in [5.74, 6) is -2.40. The molecule has 0 heterocycles. The molecule has 0 aliphatic heterocycles. The number of benzene rings is 2. The van der Waals surface area contributed by atoms with Crippen LogP contribution in [0.2, 0.25) is 0 Å². The van der Waals surface area contributed by atoms with Crippen molar-refractivity contribution in [2.75, 3.05) is 5.32 Å². The highest BCUT2D eigenvalue weighted by Gasteiger charge is 2.13. The number of nitrogens with zero attached hydrogens (tertiary/aromatic N) is 1. The minimum absolute atomic E-state index is 0.0614. The first-order valence-corrected chi connectivity index (χ1v) is 5.58. The molecule has 0 aliphatic carbocycles. The van der Waals surface area contributed by atoms with E-state index in [0.717, 1.165) is 30.3 Å². The smallest absolute Gasteiger partial charge is 0.304 e. The van der Waals surface area contributed by atoms with Crippen molar-refractivity contribution in [1.82, 2.24) is 0 Å². The van der Waals surface area contributed by atoms with Crippen molar-refractivity contribution < 1.29 is 18.1 Å². The Morgan fingerprint density at radius 3 is 2.25 bits per heavy atom. The summed E-state index contributed by atoms with van der Waals surface area (Å²) in [5.41, 5.74) is -0.0219. The van der Waals surface area contributed by atoms with Crippen molar-refractivity contribution in [1.29, 1.82) is 0 Å². The Bertz CT molecular complexity index is 642. The van der Waals surface area contributed by atoms with Crippen LogP contribution >= 0.6 is 0 Å². The zero-order valence-corrected chi connectivity index (χ0v) is 10.1. The quantitative estimate of drug-likeness (QED) is 0.688. The summed E-state index contributed by atoms with van der Waals surface area (Å²) in [6.45, 7) is 0.0614. The van der Waals surface area contributed by atoms with Crippen LogP contribution in [-0.2, 0) is 6.54 Å². The maximum absolute atomic E-state index is 13.4. The van der Waals surface area contributed by atoms with Gasteiger partial charge in [-0.2, -0.15) is 4.39 Å². The van der Waals surface area contributed by atoms with E-state index >= 15 is 0 Å².